The molecule has 1 saturated carbocycles. The van der Waals surface area contributed by atoms with Crippen molar-refractivity contribution in [2.45, 2.75) is 12.8 Å². The monoisotopic (exact) mass is 323 g/mol. The molecule has 0 atom stereocenters. The van der Waals surface area contributed by atoms with Crippen LogP contribution < -0.4 is 10.6 Å². The Morgan fingerprint density at radius 1 is 1.29 bits per heavy atom. The predicted molar refractivity (Wildman–Crippen MR) is 89.0 cm³/mol. The minimum Gasteiger partial charge on any atom is -0.308 e. The van der Waals surface area contributed by atoms with Gasteiger partial charge in [0, 0.05) is 10.9 Å². The molecule has 1 heterocycles. The number of nitrogens with one attached hydrogen (secondary N) is 2. The van der Waals surface area contributed by atoms with Crippen LogP contribution in [-0.2, 0) is 4.79 Å². The van der Waals surface area contributed by atoms with Gasteiger partial charge in [0.25, 0.3) is 0 Å². The highest BCUT2D eigenvalue weighted by molar-refractivity contribution is 7.14. The number of thiazole rings is 1. The second kappa shape index (κ2) is 7.54. The first-order valence-corrected chi connectivity index (χ1v) is 7.71. The van der Waals surface area contributed by atoms with Gasteiger partial charge in [-0.3, -0.25) is 4.79 Å². The Bertz CT molecular complexity index is 584. The molecular weight excluding hydrogens is 306 g/mol. The van der Waals surface area contributed by atoms with Gasteiger partial charge in [-0.25, -0.2) is 4.98 Å². The fourth-order valence-electron chi connectivity index (χ4n) is 1.95. The molecule has 1 aliphatic rings. The highest BCUT2D eigenvalue weighted by Crippen LogP contribution is 2.27. The van der Waals surface area contributed by atoms with Crippen molar-refractivity contribution in [3.8, 4) is 11.3 Å². The summed E-state index contributed by atoms with van der Waals surface area (Å²) in [6.07, 6.45) is 2.59. The number of carbonyl (C=O) groups excluding carboxylic acids is 1. The lowest BCUT2D eigenvalue weighted by molar-refractivity contribution is -0.115. The predicted octanol–water partition coefficient (Wildman–Crippen LogP) is 3.17. The van der Waals surface area contributed by atoms with Crippen molar-refractivity contribution in [2.75, 3.05) is 18.4 Å². The standard InChI is InChI=1S/C15H17N3OS.ClH/c19-14(9-16-8-11-6-7-11)18-15-17-13(10-20-15)12-4-2-1-3-5-12;/h1-5,10-11,16H,6-9H2,(H,17,18,19);1H. The van der Waals surface area contributed by atoms with Crippen molar-refractivity contribution in [3.63, 3.8) is 0 Å². The highest BCUT2D eigenvalue weighted by atomic mass is 35.5. The number of amides is 1. The number of hydrogen-bond acceptors (Lipinski definition) is 4. The maximum Gasteiger partial charge on any atom is 0.240 e. The van der Waals surface area contributed by atoms with E-state index in [1.807, 2.05) is 35.7 Å². The van der Waals surface area contributed by atoms with Crippen LogP contribution in [0.4, 0.5) is 5.13 Å². The molecular formula is C15H18ClN3OS. The lowest BCUT2D eigenvalue weighted by Gasteiger charge is -2.03. The van der Waals surface area contributed by atoms with Gasteiger partial charge in [0.2, 0.25) is 5.91 Å². The normalized spacial score (nSPS) is 13.5. The molecule has 112 valence electrons. The number of nitrogens with zero attached hydrogens (tertiary/aromatic N) is 1. The summed E-state index contributed by atoms with van der Waals surface area (Å²) < 4.78 is 0. The van der Waals surface area contributed by atoms with E-state index >= 15 is 0 Å². The summed E-state index contributed by atoms with van der Waals surface area (Å²) in [6, 6.07) is 9.96. The molecule has 2 N–H and O–H groups in total. The van der Waals surface area contributed by atoms with Crippen LogP contribution in [-0.4, -0.2) is 24.0 Å². The van der Waals surface area contributed by atoms with E-state index in [1.165, 1.54) is 24.2 Å². The van der Waals surface area contributed by atoms with Gasteiger partial charge in [0.15, 0.2) is 5.13 Å². The number of carbonyl (C=O) groups is 1. The van der Waals surface area contributed by atoms with Crippen LogP contribution in [0, 0.1) is 5.92 Å². The second-order valence-electron chi connectivity index (χ2n) is 5.03. The number of halogens is 1. The fourth-order valence-corrected chi connectivity index (χ4v) is 2.68. The van der Waals surface area contributed by atoms with E-state index in [1.54, 1.807) is 0 Å². The summed E-state index contributed by atoms with van der Waals surface area (Å²) in [5.74, 6) is 0.756. The summed E-state index contributed by atoms with van der Waals surface area (Å²) in [5.41, 5.74) is 1.97. The Morgan fingerprint density at radius 2 is 2.05 bits per heavy atom. The summed E-state index contributed by atoms with van der Waals surface area (Å²) in [4.78, 5) is 16.2. The van der Waals surface area contributed by atoms with Gasteiger partial charge in [0.05, 0.1) is 12.2 Å². The van der Waals surface area contributed by atoms with Gasteiger partial charge in [-0.1, -0.05) is 30.3 Å². The Labute approximate surface area is 134 Å². The first kappa shape index (κ1) is 15.9. The number of aromatic nitrogens is 1. The molecule has 21 heavy (non-hydrogen) atoms. The molecule has 0 unspecified atom stereocenters. The summed E-state index contributed by atoms with van der Waals surface area (Å²) in [6.45, 7) is 1.30. The first-order chi connectivity index (χ1) is 9.81. The number of rotatable bonds is 6. The first-order valence-electron chi connectivity index (χ1n) is 6.83. The highest BCUT2D eigenvalue weighted by Gasteiger charge is 2.20. The van der Waals surface area contributed by atoms with Crippen LogP contribution in [0.5, 0.6) is 0 Å². The fraction of sp³-hybridized carbons (Fsp3) is 0.333. The van der Waals surface area contributed by atoms with Crippen LogP contribution in [0.25, 0.3) is 11.3 Å². The molecule has 0 bridgehead atoms. The van der Waals surface area contributed by atoms with Crippen LogP contribution in [0.3, 0.4) is 0 Å². The van der Waals surface area contributed by atoms with Crippen LogP contribution >= 0.6 is 23.7 Å². The Balaban J connectivity index is 0.00000161. The third-order valence-electron chi connectivity index (χ3n) is 3.24. The van der Waals surface area contributed by atoms with E-state index in [2.05, 4.69) is 15.6 Å². The maximum absolute atomic E-state index is 11.8. The summed E-state index contributed by atoms with van der Waals surface area (Å²) in [5, 5.41) is 8.62. The number of hydrogen-bond donors (Lipinski definition) is 2. The molecule has 1 aromatic heterocycles. The van der Waals surface area contributed by atoms with Gasteiger partial charge in [-0.2, -0.15) is 0 Å². The number of anilines is 1. The largest absolute Gasteiger partial charge is 0.308 e. The molecule has 0 radical (unpaired) electrons. The SMILES string of the molecule is Cl.O=C(CNCC1CC1)Nc1nc(-c2ccccc2)cs1. The lowest BCUT2D eigenvalue weighted by Crippen LogP contribution is -2.29. The molecule has 1 aliphatic carbocycles. The van der Waals surface area contributed by atoms with Gasteiger partial charge in [-0.15, -0.1) is 23.7 Å². The molecule has 1 amide bonds. The van der Waals surface area contributed by atoms with Crippen molar-refractivity contribution in [1.82, 2.24) is 10.3 Å². The summed E-state index contributed by atoms with van der Waals surface area (Å²) >= 11 is 1.45. The van der Waals surface area contributed by atoms with E-state index in [0.29, 0.717) is 11.7 Å². The van der Waals surface area contributed by atoms with Crippen LogP contribution in [0.15, 0.2) is 35.7 Å². The average Bonchev–Trinajstić information content (AvgIpc) is 3.17. The van der Waals surface area contributed by atoms with Crippen molar-refractivity contribution >= 4 is 34.8 Å². The second-order valence-corrected chi connectivity index (χ2v) is 5.88. The number of benzene rings is 1. The zero-order valence-corrected chi connectivity index (χ0v) is 13.2. The zero-order valence-electron chi connectivity index (χ0n) is 11.5. The molecule has 1 aromatic carbocycles. The van der Waals surface area contributed by atoms with Gasteiger partial charge < -0.3 is 10.6 Å². The van der Waals surface area contributed by atoms with Gasteiger partial charge >= 0.3 is 0 Å². The third kappa shape index (κ3) is 4.81. The smallest absolute Gasteiger partial charge is 0.240 e. The molecule has 3 rings (SSSR count). The van der Waals surface area contributed by atoms with Gasteiger partial charge in [0.1, 0.15) is 0 Å². The van der Waals surface area contributed by atoms with E-state index < -0.39 is 0 Å². The average molecular weight is 324 g/mol. The molecule has 2 aromatic rings. The Kier molecular flexibility index (Phi) is 5.73. The van der Waals surface area contributed by atoms with E-state index in [0.717, 1.165) is 23.7 Å². The third-order valence-corrected chi connectivity index (χ3v) is 3.99. The Morgan fingerprint density at radius 3 is 2.76 bits per heavy atom. The molecule has 0 spiro atoms. The summed E-state index contributed by atoms with van der Waals surface area (Å²) in [7, 11) is 0. The molecule has 0 saturated heterocycles. The molecule has 1 fully saturated rings. The lowest BCUT2D eigenvalue weighted by atomic mass is 10.2. The van der Waals surface area contributed by atoms with E-state index in [4.69, 9.17) is 0 Å². The van der Waals surface area contributed by atoms with E-state index in [-0.39, 0.29) is 18.3 Å². The van der Waals surface area contributed by atoms with Crippen molar-refractivity contribution < 1.29 is 4.79 Å². The Hall–Kier alpha value is -1.43. The maximum atomic E-state index is 11.8. The van der Waals surface area contributed by atoms with Gasteiger partial charge in [-0.05, 0) is 25.3 Å². The van der Waals surface area contributed by atoms with Crippen molar-refractivity contribution in [3.05, 3.63) is 35.7 Å². The minimum atomic E-state index is -0.0281. The molecule has 0 aliphatic heterocycles. The van der Waals surface area contributed by atoms with Crippen LogP contribution in [0.1, 0.15) is 12.8 Å². The van der Waals surface area contributed by atoms with Crippen LogP contribution in [0.2, 0.25) is 0 Å². The van der Waals surface area contributed by atoms with E-state index in [9.17, 15) is 4.79 Å². The molecule has 6 heteroatoms. The topological polar surface area (TPSA) is 54.0 Å². The molecule has 4 nitrogen and oxygen atoms in total. The van der Waals surface area contributed by atoms with Crippen molar-refractivity contribution in [1.29, 1.82) is 0 Å². The quantitative estimate of drug-likeness (QED) is 0.858. The minimum absolute atomic E-state index is 0. The zero-order chi connectivity index (χ0) is 13.8. The van der Waals surface area contributed by atoms with Crippen molar-refractivity contribution in [2.24, 2.45) is 5.92 Å².